The van der Waals surface area contributed by atoms with Crippen LogP contribution in [0.2, 0.25) is 5.28 Å². The Balaban J connectivity index is 0. The molecule has 0 atom stereocenters. The largest absolute Gasteiger partial charge is 0.542 e. The van der Waals surface area contributed by atoms with Gasteiger partial charge in [0.1, 0.15) is 0 Å². The summed E-state index contributed by atoms with van der Waals surface area (Å²) in [6.07, 6.45) is 0. The van der Waals surface area contributed by atoms with E-state index < -0.39 is 21.0 Å². The lowest BCUT2D eigenvalue weighted by molar-refractivity contribution is 1.47. The first-order valence-electron chi connectivity index (χ1n) is 2.21. The molecule has 0 amide bonds. The molecule has 0 saturated carbocycles. The summed E-state index contributed by atoms with van der Waals surface area (Å²) in [5.74, 6) is 0. The summed E-state index contributed by atoms with van der Waals surface area (Å²) >= 11 is 8.52. The molecule has 0 heterocycles. The third-order valence-electron chi connectivity index (χ3n) is 0.309. The Bertz CT molecular complexity index is 50.3. The van der Waals surface area contributed by atoms with E-state index in [1.807, 2.05) is 6.92 Å². The van der Waals surface area contributed by atoms with E-state index in [0.29, 0.717) is 0 Å². The lowest BCUT2D eigenvalue weighted by Crippen LogP contribution is -1.83. The highest BCUT2D eigenvalue weighted by atomic mass is 80.0. The van der Waals surface area contributed by atoms with E-state index in [2.05, 4.69) is 42.2 Å². The Kier molecular flexibility index (Phi) is 18.0. The molecule has 9 heavy (non-hydrogen) atoms. The van der Waals surface area contributed by atoms with Gasteiger partial charge in [0.15, 0.2) is 0 Å². The second-order valence-electron chi connectivity index (χ2n) is 1.05. The first kappa shape index (κ1) is 14.6. The van der Waals surface area contributed by atoms with Crippen molar-refractivity contribution in [2.45, 2.75) is 12.2 Å². The molecule has 0 rings (SSSR count). The molecule has 0 aliphatic carbocycles. The van der Waals surface area contributed by atoms with Crippen molar-refractivity contribution in [3.63, 3.8) is 0 Å². The van der Waals surface area contributed by atoms with Crippen molar-refractivity contribution >= 4 is 83.2 Å². The predicted molar refractivity (Wildman–Crippen MR) is 60.5 cm³/mol. The van der Waals surface area contributed by atoms with E-state index in [4.69, 9.17) is 20.1 Å². The zero-order valence-corrected chi connectivity index (χ0v) is 13.3. The molecular weight excluding hydrogens is 389 g/mol. The number of hydrogen-bond donors (Lipinski definition) is 0. The highest BCUT2D eigenvalue weighted by Crippen LogP contribution is 2.07. The molecule has 0 unspecified atom stereocenters. The average molecular weight is 394 g/mol. The summed E-state index contributed by atoms with van der Waals surface area (Å²) in [4.78, 5) is 0. The first-order valence-corrected chi connectivity index (χ1v) is 16.1. The number of rotatable bonds is 1. The van der Waals surface area contributed by atoms with Crippen molar-refractivity contribution in [3.05, 3.63) is 0 Å². The summed E-state index contributed by atoms with van der Waals surface area (Å²) < 4.78 is 0. The third kappa shape index (κ3) is 35.4. The number of halogens is 5. The Morgan fingerprint density at radius 1 is 1.22 bits per heavy atom. The van der Waals surface area contributed by atoms with E-state index in [1.54, 1.807) is 0 Å². The van der Waals surface area contributed by atoms with Gasteiger partial charge in [0.25, 0.3) is 0 Å². The van der Waals surface area contributed by atoms with Crippen LogP contribution in [-0.4, -0.2) is 21.0 Å². The predicted octanol–water partition coefficient (Wildman–Crippen LogP) is 4.13. The summed E-state index contributed by atoms with van der Waals surface area (Å²) in [5.41, 5.74) is 0. The van der Waals surface area contributed by atoms with Crippen LogP contribution >= 0.6 is 62.3 Å². The molecule has 0 radical (unpaired) electrons. The molecule has 0 aromatic carbocycles. The highest BCUT2D eigenvalue weighted by Gasteiger charge is 2.03. The van der Waals surface area contributed by atoms with Gasteiger partial charge < -0.3 is 0 Å². The maximum absolute atomic E-state index is 5.37. The molecule has 0 bridgehead atoms. The fourth-order valence-electron chi connectivity index (χ4n) is 0. The summed E-state index contributed by atoms with van der Waals surface area (Å²) in [5, 5.41) is 0.975. The van der Waals surface area contributed by atoms with E-state index in [-0.39, 0.29) is 0 Å². The topological polar surface area (TPSA) is 0 Å². The molecule has 0 spiro atoms. The molecule has 0 aliphatic heterocycles. The zero-order valence-electron chi connectivity index (χ0n) is 4.75. The summed E-state index contributed by atoms with van der Waals surface area (Å²) in [7, 11) is 10.0. The first-order chi connectivity index (χ1) is 4.00. The Labute approximate surface area is 93.8 Å². The van der Waals surface area contributed by atoms with Gasteiger partial charge in [-0.25, -0.2) is 20.1 Å². The Hall–Kier alpha value is 3.08. The van der Waals surface area contributed by atoms with Crippen LogP contribution in [0.1, 0.15) is 6.92 Å². The molecule has 0 N–H and O–H groups in total. The molecule has 0 fully saturated rings. The lowest BCUT2D eigenvalue weighted by atomic mass is 11.0. The number of hydrogen-bond acceptors (Lipinski definition) is 0. The Morgan fingerprint density at radius 2 is 1.33 bits per heavy atom. The van der Waals surface area contributed by atoms with E-state index in [1.165, 1.54) is 0 Å². The van der Waals surface area contributed by atoms with Crippen molar-refractivity contribution in [2.24, 2.45) is 0 Å². The minimum Gasteiger partial charge on any atom is -0.234 e. The summed E-state index contributed by atoms with van der Waals surface area (Å²) in [6, 6.07) is 0. The third-order valence-corrected chi connectivity index (χ3v) is 2.78. The van der Waals surface area contributed by atoms with Crippen molar-refractivity contribution in [1.29, 1.82) is 0 Å². The quantitative estimate of drug-likeness (QED) is 0.588. The molecular formula is C2H5Al2Br3Cl2. The van der Waals surface area contributed by atoms with Crippen LogP contribution in [0.15, 0.2) is 0 Å². The van der Waals surface area contributed by atoms with Gasteiger partial charge in [0, 0.05) is 0 Å². The van der Waals surface area contributed by atoms with Crippen molar-refractivity contribution in [3.8, 4) is 0 Å². The average Bonchev–Trinajstić information content (AvgIpc) is 1.65. The molecule has 0 aromatic rings. The van der Waals surface area contributed by atoms with E-state index in [9.17, 15) is 0 Å². The highest BCUT2D eigenvalue weighted by molar-refractivity contribution is 9.69. The van der Waals surface area contributed by atoms with Crippen LogP contribution in [0.25, 0.3) is 0 Å². The molecule has 0 nitrogen and oxygen atoms in total. The van der Waals surface area contributed by atoms with Gasteiger partial charge in [-0.1, -0.05) is 12.2 Å². The zero-order chi connectivity index (χ0) is 7.86. The fourth-order valence-corrected chi connectivity index (χ4v) is 0. The maximum Gasteiger partial charge on any atom is 0.542 e. The lowest BCUT2D eigenvalue weighted by Gasteiger charge is -1.74. The Morgan fingerprint density at radius 3 is 1.33 bits per heavy atom. The normalized spacial score (nSPS) is 7.33. The molecule has 0 saturated heterocycles. The fraction of sp³-hybridized carbons (Fsp3) is 1.00. The van der Waals surface area contributed by atoms with Crippen molar-refractivity contribution in [2.75, 3.05) is 0 Å². The monoisotopic (exact) mass is 390 g/mol. The van der Waals surface area contributed by atoms with Gasteiger partial charge in [0.2, 0.25) is 0 Å². The van der Waals surface area contributed by atoms with Gasteiger partial charge in [-0.3, -0.25) is 0 Å². The molecule has 54 valence electrons. The van der Waals surface area contributed by atoms with Gasteiger partial charge in [0.05, 0.1) is 0 Å². The van der Waals surface area contributed by atoms with Crippen LogP contribution in [-0.2, 0) is 0 Å². The van der Waals surface area contributed by atoms with Crippen LogP contribution < -0.4 is 0 Å². The second kappa shape index (κ2) is 11.1. The van der Waals surface area contributed by atoms with Gasteiger partial charge in [-0.05, 0) is 0 Å². The molecule has 0 aromatic heterocycles. The summed E-state index contributed by atoms with van der Waals surface area (Å²) in [6.45, 7) is 2.00. The molecule has 0 aliphatic rings. The SMILES string of the molecule is C[CH2][Al]([Cl])[Cl].[Br][Al]([Br])[Br]. The van der Waals surface area contributed by atoms with E-state index >= 15 is 0 Å². The molecule has 7 heteroatoms. The minimum absolute atomic E-state index is 0.701. The minimum atomic E-state index is -1.21. The van der Waals surface area contributed by atoms with Gasteiger partial charge in [-0.2, -0.15) is 42.2 Å². The standard InChI is InChI=1S/C2H5.2Al.3BrH.2ClH/c1-2;;;;;;;/h1H2,2H3;;;5*1H/q;+2;+3;;;;;/p-5. The second-order valence-corrected chi connectivity index (χ2v) is 26.3. The van der Waals surface area contributed by atoms with Gasteiger partial charge in [-0.15, -0.1) is 0 Å². The van der Waals surface area contributed by atoms with Crippen LogP contribution in [0.4, 0.5) is 0 Å². The maximum atomic E-state index is 5.37. The van der Waals surface area contributed by atoms with E-state index in [0.717, 1.165) is 5.28 Å². The van der Waals surface area contributed by atoms with Crippen LogP contribution in [0.3, 0.4) is 0 Å². The van der Waals surface area contributed by atoms with Gasteiger partial charge >= 0.3 is 21.0 Å². The van der Waals surface area contributed by atoms with Crippen LogP contribution in [0, 0.1) is 0 Å². The van der Waals surface area contributed by atoms with Crippen LogP contribution in [0.5, 0.6) is 0 Å². The van der Waals surface area contributed by atoms with Crippen molar-refractivity contribution in [1.82, 2.24) is 0 Å². The smallest absolute Gasteiger partial charge is 0.234 e. The van der Waals surface area contributed by atoms with Crippen molar-refractivity contribution < 1.29 is 0 Å².